The summed E-state index contributed by atoms with van der Waals surface area (Å²) < 4.78 is 68.9. The molecule has 0 saturated carbocycles. The SMILES string of the molecule is Nc1ncnc2c1ncn2[C@@H]1O[C@H](Cc2ccccc2)[C@@H](O[C@H]2O[C@H](CO)[C@@H](OP(=O)(O)O)[C@H](OP(=O)(O)O)[C@H]2O)[C@H]1OP(=O)(O)O. The molecule has 25 heteroatoms. The van der Waals surface area contributed by atoms with Crippen LogP contribution < -0.4 is 5.73 Å². The number of hydrogen-bond acceptors (Lipinski definition) is 15. The maximum atomic E-state index is 12.3. The number of imidazole rings is 1. The number of phosphoric ester groups is 3. The van der Waals surface area contributed by atoms with Crippen LogP contribution in [0.25, 0.3) is 11.2 Å². The van der Waals surface area contributed by atoms with Crippen molar-refractivity contribution in [3.05, 3.63) is 48.5 Å². The second-order valence-corrected chi connectivity index (χ2v) is 13.9. The van der Waals surface area contributed by atoms with Gasteiger partial charge in [0.1, 0.15) is 48.5 Å². The van der Waals surface area contributed by atoms with Gasteiger partial charge >= 0.3 is 23.5 Å². The van der Waals surface area contributed by atoms with Crippen LogP contribution in [0, 0.1) is 0 Å². The fraction of sp³-hybridized carbons (Fsp3) is 0.500. The van der Waals surface area contributed by atoms with Crippen molar-refractivity contribution in [3.63, 3.8) is 0 Å². The minimum Gasteiger partial charge on any atom is -0.394 e. The minimum absolute atomic E-state index is 0.00856. The monoisotopic (exact) mass is 729 g/mol. The molecule has 47 heavy (non-hydrogen) atoms. The summed E-state index contributed by atoms with van der Waals surface area (Å²) in [5.74, 6) is -0.0233. The number of ether oxygens (including phenoxy) is 3. The third kappa shape index (κ3) is 8.66. The van der Waals surface area contributed by atoms with Gasteiger partial charge in [-0.1, -0.05) is 30.3 Å². The zero-order chi connectivity index (χ0) is 34.3. The normalized spacial score (nSPS) is 30.6. The summed E-state index contributed by atoms with van der Waals surface area (Å²) in [6.45, 7) is -1.10. The van der Waals surface area contributed by atoms with Gasteiger partial charge in [0.15, 0.2) is 24.0 Å². The molecule has 4 heterocycles. The number of hydrogen-bond donors (Lipinski definition) is 9. The molecule has 0 amide bonds. The standard InChI is InChI=1S/C22H30N5O17P3/c23-19-13-20(25-8-24-19)27(9-26-13)21-18(44-47(36,37)38)15(11(39-21)6-10-4-2-1-3-5-10)41-22-14(29)17(43-46(33,34)35)16(12(7-28)40-22)42-45(30,31)32/h1-5,8-9,11-12,14-18,21-22,28-29H,6-7H2,(H2,23,24,25)(H2,30,31,32)(H2,33,34,35)(H2,36,37,38)/t11-,12-,14-,15-,16-,17-,18-,21-,22-/m1/s1. The van der Waals surface area contributed by atoms with Crippen LogP contribution in [0.15, 0.2) is 43.0 Å². The third-order valence-electron chi connectivity index (χ3n) is 7.09. The highest BCUT2D eigenvalue weighted by atomic mass is 31.2. The van der Waals surface area contributed by atoms with Crippen LogP contribution >= 0.6 is 23.5 Å². The van der Waals surface area contributed by atoms with Gasteiger partial charge in [-0.3, -0.25) is 18.1 Å². The second kappa shape index (κ2) is 13.9. The summed E-state index contributed by atoms with van der Waals surface area (Å²) in [6, 6.07) is 8.55. The molecule has 0 radical (unpaired) electrons. The lowest BCUT2D eigenvalue weighted by Crippen LogP contribution is -2.61. The largest absolute Gasteiger partial charge is 0.470 e. The Labute approximate surface area is 263 Å². The quantitative estimate of drug-likeness (QED) is 0.0952. The summed E-state index contributed by atoms with van der Waals surface area (Å²) >= 11 is 0. The van der Waals surface area contributed by atoms with E-state index in [4.69, 9.17) is 24.5 Å². The van der Waals surface area contributed by atoms with E-state index < -0.39 is 85.3 Å². The van der Waals surface area contributed by atoms with Crippen molar-refractivity contribution in [1.82, 2.24) is 19.5 Å². The first-order valence-corrected chi connectivity index (χ1v) is 18.0. The van der Waals surface area contributed by atoms with Crippen molar-refractivity contribution < 1.29 is 81.1 Å². The van der Waals surface area contributed by atoms with Gasteiger partial charge in [-0.05, 0) is 5.56 Å². The zero-order valence-electron chi connectivity index (χ0n) is 23.6. The summed E-state index contributed by atoms with van der Waals surface area (Å²) in [5.41, 5.74) is 6.72. The first kappa shape index (κ1) is 36.0. The fourth-order valence-electron chi connectivity index (χ4n) is 5.31. The number of aliphatic hydroxyl groups excluding tert-OH is 2. The van der Waals surface area contributed by atoms with E-state index in [0.717, 1.165) is 6.33 Å². The Morgan fingerprint density at radius 2 is 1.43 bits per heavy atom. The molecule has 2 fully saturated rings. The van der Waals surface area contributed by atoms with Gasteiger partial charge in [-0.2, -0.15) is 0 Å². The van der Waals surface area contributed by atoms with Crippen molar-refractivity contribution >= 4 is 40.4 Å². The molecule has 0 spiro atoms. The molecular formula is C22H30N5O17P3. The smallest absolute Gasteiger partial charge is 0.394 e. The van der Waals surface area contributed by atoms with Crippen molar-refractivity contribution in [1.29, 1.82) is 0 Å². The number of rotatable bonds is 12. The molecule has 0 aliphatic carbocycles. The molecule has 1 aromatic carbocycles. The average Bonchev–Trinajstić information content (AvgIpc) is 3.53. The molecule has 5 rings (SSSR count). The number of nitrogens with two attached hydrogens (primary N) is 1. The predicted octanol–water partition coefficient (Wildman–Crippen LogP) is -1.55. The Bertz CT molecular complexity index is 1680. The molecule has 2 aromatic heterocycles. The van der Waals surface area contributed by atoms with Crippen molar-refractivity contribution in [2.45, 2.75) is 61.7 Å². The average molecular weight is 729 g/mol. The van der Waals surface area contributed by atoms with Crippen LogP contribution in [0.3, 0.4) is 0 Å². The van der Waals surface area contributed by atoms with Crippen LogP contribution in [-0.4, -0.2) is 115 Å². The summed E-state index contributed by atoms with van der Waals surface area (Å²) in [4.78, 5) is 69.6. The summed E-state index contributed by atoms with van der Waals surface area (Å²) in [5, 5.41) is 21.1. The van der Waals surface area contributed by atoms with E-state index in [1.165, 1.54) is 10.9 Å². The highest BCUT2D eigenvalue weighted by Gasteiger charge is 2.56. The Morgan fingerprint density at radius 3 is 2.04 bits per heavy atom. The van der Waals surface area contributed by atoms with E-state index in [2.05, 4.69) is 24.0 Å². The highest BCUT2D eigenvalue weighted by molar-refractivity contribution is 7.46. The Morgan fingerprint density at radius 1 is 0.809 bits per heavy atom. The van der Waals surface area contributed by atoms with E-state index >= 15 is 0 Å². The van der Waals surface area contributed by atoms with Crippen LogP contribution in [0.5, 0.6) is 0 Å². The number of fused-ring (bicyclic) bond motifs is 1. The van der Waals surface area contributed by atoms with E-state index in [9.17, 15) is 53.3 Å². The second-order valence-electron chi connectivity index (χ2n) is 10.3. The predicted molar refractivity (Wildman–Crippen MR) is 151 cm³/mol. The van der Waals surface area contributed by atoms with Gasteiger partial charge < -0.3 is 59.5 Å². The first-order valence-electron chi connectivity index (χ1n) is 13.4. The van der Waals surface area contributed by atoms with E-state index in [1.54, 1.807) is 30.3 Å². The van der Waals surface area contributed by atoms with Crippen molar-refractivity contribution in [2.24, 2.45) is 0 Å². The highest BCUT2D eigenvalue weighted by Crippen LogP contribution is 2.49. The summed E-state index contributed by atoms with van der Waals surface area (Å²) in [6.07, 6.45) is -14.3. The molecule has 2 saturated heterocycles. The van der Waals surface area contributed by atoms with E-state index in [1.807, 2.05) is 0 Å². The number of phosphoric acid groups is 3. The number of nitrogen functional groups attached to an aromatic ring is 1. The molecule has 2 aliphatic heterocycles. The van der Waals surface area contributed by atoms with Gasteiger partial charge in [0, 0.05) is 6.42 Å². The Balaban J connectivity index is 1.56. The molecule has 10 N–H and O–H groups in total. The number of aromatic nitrogens is 4. The van der Waals surface area contributed by atoms with Crippen LogP contribution in [0.1, 0.15) is 11.8 Å². The van der Waals surface area contributed by atoms with Crippen LogP contribution in [0.4, 0.5) is 5.82 Å². The van der Waals surface area contributed by atoms with Gasteiger partial charge in [0.2, 0.25) is 0 Å². The lowest BCUT2D eigenvalue weighted by molar-refractivity contribution is -0.312. The number of anilines is 1. The summed E-state index contributed by atoms with van der Waals surface area (Å²) in [7, 11) is -16.3. The van der Waals surface area contributed by atoms with Gasteiger partial charge in [0.05, 0.1) is 19.0 Å². The maximum absolute atomic E-state index is 12.3. The molecule has 0 unspecified atom stereocenters. The molecule has 260 valence electrons. The lowest BCUT2D eigenvalue weighted by atomic mass is 9.98. The minimum atomic E-state index is -5.51. The van der Waals surface area contributed by atoms with Crippen molar-refractivity contribution in [2.75, 3.05) is 12.3 Å². The maximum Gasteiger partial charge on any atom is 0.470 e. The molecule has 0 bridgehead atoms. The van der Waals surface area contributed by atoms with Gasteiger partial charge in [-0.25, -0.2) is 28.6 Å². The van der Waals surface area contributed by atoms with Crippen molar-refractivity contribution in [3.8, 4) is 0 Å². The topological polar surface area (TPSA) is 338 Å². The number of benzene rings is 1. The van der Waals surface area contributed by atoms with Gasteiger partial charge in [-0.15, -0.1) is 0 Å². The fourth-order valence-corrected chi connectivity index (χ4v) is 6.98. The lowest BCUT2D eigenvalue weighted by Gasteiger charge is -2.44. The number of nitrogens with zero attached hydrogens (tertiary/aromatic N) is 4. The van der Waals surface area contributed by atoms with Gasteiger partial charge in [0.25, 0.3) is 0 Å². The molecule has 2 aliphatic rings. The molecule has 22 nitrogen and oxygen atoms in total. The Kier molecular flexibility index (Phi) is 10.6. The van der Waals surface area contributed by atoms with Crippen LogP contribution in [-0.2, 0) is 47.9 Å². The molecular weight excluding hydrogens is 699 g/mol. The number of aliphatic hydroxyl groups is 2. The third-order valence-corrected chi connectivity index (χ3v) is 8.64. The Hall–Kier alpha value is -2.30. The first-order chi connectivity index (χ1) is 21.9. The zero-order valence-corrected chi connectivity index (χ0v) is 26.3. The molecule has 9 atom stereocenters. The van der Waals surface area contributed by atoms with Crippen LogP contribution in [0.2, 0.25) is 0 Å². The van der Waals surface area contributed by atoms with E-state index in [-0.39, 0.29) is 23.4 Å². The molecule has 3 aromatic rings. The van der Waals surface area contributed by atoms with E-state index in [0.29, 0.717) is 5.56 Å².